The summed E-state index contributed by atoms with van der Waals surface area (Å²) in [4.78, 5) is 4.91. The van der Waals surface area contributed by atoms with Crippen LogP contribution >= 0.6 is 0 Å². The standard InChI is InChI=1S/C19H23NO/c1-12-19(18(21-12)20-17-5-3-2-4-6-17)15-8-13-7-14(10-15)11-16(19)9-13/h2-6,12-16H,7-11H2,1H3. The zero-order valence-corrected chi connectivity index (χ0v) is 12.7. The van der Waals surface area contributed by atoms with Gasteiger partial charge in [0.1, 0.15) is 6.10 Å². The number of benzene rings is 1. The van der Waals surface area contributed by atoms with Crippen molar-refractivity contribution in [2.45, 2.75) is 45.1 Å². The van der Waals surface area contributed by atoms with E-state index in [1.807, 2.05) is 6.07 Å². The van der Waals surface area contributed by atoms with Crippen LogP contribution in [0, 0.1) is 29.1 Å². The second-order valence-electron chi connectivity index (χ2n) is 7.75. The first-order valence-corrected chi connectivity index (χ1v) is 8.57. The van der Waals surface area contributed by atoms with Gasteiger partial charge in [0.15, 0.2) is 5.90 Å². The number of ether oxygens (including phenoxy) is 1. The number of hydrogen-bond acceptors (Lipinski definition) is 2. The summed E-state index contributed by atoms with van der Waals surface area (Å²) in [6.45, 7) is 2.28. The van der Waals surface area contributed by atoms with Crippen LogP contribution in [0.4, 0.5) is 5.69 Å². The fourth-order valence-corrected chi connectivity index (χ4v) is 6.20. The molecule has 1 saturated heterocycles. The molecule has 0 radical (unpaired) electrons. The highest BCUT2D eigenvalue weighted by Gasteiger charge is 2.68. The molecule has 110 valence electrons. The average Bonchev–Trinajstić information content (AvgIpc) is 2.47. The van der Waals surface area contributed by atoms with Crippen LogP contribution in [0.5, 0.6) is 0 Å². The van der Waals surface area contributed by atoms with Crippen molar-refractivity contribution in [3.63, 3.8) is 0 Å². The minimum absolute atomic E-state index is 0.281. The smallest absolute Gasteiger partial charge is 0.199 e. The van der Waals surface area contributed by atoms with Crippen LogP contribution in [0.3, 0.4) is 0 Å². The lowest BCUT2D eigenvalue weighted by atomic mass is 9.42. The summed E-state index contributed by atoms with van der Waals surface area (Å²) in [5.74, 6) is 4.74. The molecule has 21 heavy (non-hydrogen) atoms. The topological polar surface area (TPSA) is 21.6 Å². The first-order chi connectivity index (χ1) is 10.3. The molecule has 2 nitrogen and oxygen atoms in total. The lowest BCUT2D eigenvalue weighted by molar-refractivity contribution is -0.172. The van der Waals surface area contributed by atoms with Crippen molar-refractivity contribution in [3.8, 4) is 0 Å². The summed E-state index contributed by atoms with van der Waals surface area (Å²) < 4.78 is 6.07. The van der Waals surface area contributed by atoms with E-state index in [0.29, 0.717) is 6.10 Å². The van der Waals surface area contributed by atoms with Gasteiger partial charge in [0, 0.05) is 0 Å². The minimum atomic E-state index is 0.281. The molecule has 1 spiro atoms. The molecular weight excluding hydrogens is 258 g/mol. The monoisotopic (exact) mass is 281 g/mol. The van der Waals surface area contributed by atoms with E-state index in [4.69, 9.17) is 9.73 Å². The maximum Gasteiger partial charge on any atom is 0.199 e. The SMILES string of the molecule is CC1OC(=Nc2ccccc2)C12C1CC3CC(C1)CC2C3. The molecule has 0 amide bonds. The molecule has 0 aromatic heterocycles. The summed E-state index contributed by atoms with van der Waals surface area (Å²) in [5.41, 5.74) is 1.33. The van der Waals surface area contributed by atoms with Gasteiger partial charge < -0.3 is 4.74 Å². The molecular formula is C19H23NO. The average molecular weight is 281 g/mol. The third kappa shape index (κ3) is 1.51. The van der Waals surface area contributed by atoms with E-state index in [1.165, 1.54) is 32.1 Å². The van der Waals surface area contributed by atoms with Crippen LogP contribution < -0.4 is 0 Å². The molecule has 5 aliphatic rings. The van der Waals surface area contributed by atoms with Crippen molar-refractivity contribution >= 4 is 11.6 Å². The van der Waals surface area contributed by atoms with E-state index in [1.54, 1.807) is 0 Å². The fourth-order valence-electron chi connectivity index (χ4n) is 6.20. The highest BCUT2D eigenvalue weighted by atomic mass is 16.5. The Kier molecular flexibility index (Phi) is 2.40. The van der Waals surface area contributed by atoms with Crippen molar-refractivity contribution in [1.29, 1.82) is 0 Å². The first-order valence-electron chi connectivity index (χ1n) is 8.57. The van der Waals surface area contributed by atoms with Gasteiger partial charge in [-0.3, -0.25) is 0 Å². The van der Waals surface area contributed by atoms with Crippen LogP contribution in [0.15, 0.2) is 35.3 Å². The second-order valence-corrected chi connectivity index (χ2v) is 7.75. The number of rotatable bonds is 1. The third-order valence-electron chi connectivity index (χ3n) is 6.81. The Morgan fingerprint density at radius 3 is 2.14 bits per heavy atom. The van der Waals surface area contributed by atoms with Gasteiger partial charge in [0.2, 0.25) is 0 Å². The largest absolute Gasteiger partial charge is 0.476 e. The molecule has 5 fully saturated rings. The Balaban J connectivity index is 1.56. The molecule has 4 saturated carbocycles. The minimum Gasteiger partial charge on any atom is -0.476 e. The summed E-state index contributed by atoms with van der Waals surface area (Å²) in [6.07, 6.45) is 7.57. The number of para-hydroxylation sites is 1. The Morgan fingerprint density at radius 2 is 1.57 bits per heavy atom. The van der Waals surface area contributed by atoms with Crippen LogP contribution in [-0.4, -0.2) is 12.0 Å². The van der Waals surface area contributed by atoms with Crippen molar-refractivity contribution in [3.05, 3.63) is 30.3 Å². The van der Waals surface area contributed by atoms with Gasteiger partial charge in [-0.2, -0.15) is 0 Å². The van der Waals surface area contributed by atoms with Gasteiger partial charge in [-0.15, -0.1) is 0 Å². The molecule has 1 aromatic carbocycles. The third-order valence-corrected chi connectivity index (χ3v) is 6.81. The van der Waals surface area contributed by atoms with E-state index in [9.17, 15) is 0 Å². The fraction of sp³-hybridized carbons (Fsp3) is 0.632. The van der Waals surface area contributed by atoms with Crippen LogP contribution in [0.2, 0.25) is 0 Å². The quantitative estimate of drug-likeness (QED) is 0.738. The maximum absolute atomic E-state index is 6.07. The van der Waals surface area contributed by atoms with Gasteiger partial charge >= 0.3 is 0 Å². The molecule has 1 unspecified atom stereocenters. The van der Waals surface area contributed by atoms with E-state index in [0.717, 1.165) is 35.3 Å². The molecule has 4 aliphatic carbocycles. The van der Waals surface area contributed by atoms with Gasteiger partial charge in [-0.05, 0) is 74.8 Å². The van der Waals surface area contributed by atoms with E-state index in [-0.39, 0.29) is 5.41 Å². The molecule has 2 heteroatoms. The van der Waals surface area contributed by atoms with Crippen molar-refractivity contribution in [2.24, 2.45) is 34.1 Å². The number of hydrogen-bond donors (Lipinski definition) is 0. The van der Waals surface area contributed by atoms with Gasteiger partial charge in [-0.1, -0.05) is 18.2 Å². The summed E-state index contributed by atoms with van der Waals surface area (Å²) in [6, 6.07) is 10.3. The molecule has 4 bridgehead atoms. The normalized spacial score (nSPS) is 48.4. The van der Waals surface area contributed by atoms with Crippen LogP contribution in [0.1, 0.15) is 39.0 Å². The highest BCUT2D eigenvalue weighted by Crippen LogP contribution is 2.67. The molecule has 1 atom stereocenters. The Hall–Kier alpha value is -1.31. The maximum atomic E-state index is 6.07. The highest BCUT2D eigenvalue weighted by molar-refractivity contribution is 5.91. The summed E-state index contributed by atoms with van der Waals surface area (Å²) >= 11 is 0. The Bertz CT molecular complexity index is 563. The lowest BCUT2D eigenvalue weighted by Gasteiger charge is -2.66. The Labute approximate surface area is 126 Å². The van der Waals surface area contributed by atoms with Crippen LogP contribution in [-0.2, 0) is 4.74 Å². The molecule has 0 N–H and O–H groups in total. The summed E-state index contributed by atoms with van der Waals surface area (Å²) in [7, 11) is 0. The van der Waals surface area contributed by atoms with E-state index < -0.39 is 0 Å². The molecule has 6 rings (SSSR count). The first kappa shape index (κ1) is 12.3. The van der Waals surface area contributed by atoms with Gasteiger partial charge in [0.25, 0.3) is 0 Å². The van der Waals surface area contributed by atoms with E-state index >= 15 is 0 Å². The Morgan fingerprint density at radius 1 is 0.952 bits per heavy atom. The lowest BCUT2D eigenvalue weighted by Crippen LogP contribution is -2.68. The van der Waals surface area contributed by atoms with Crippen LogP contribution in [0.25, 0.3) is 0 Å². The zero-order chi connectivity index (χ0) is 14.0. The number of aliphatic imine (C=N–C) groups is 1. The molecule has 1 aliphatic heterocycles. The van der Waals surface area contributed by atoms with E-state index in [2.05, 4.69) is 31.2 Å². The van der Waals surface area contributed by atoms with Crippen molar-refractivity contribution < 1.29 is 4.74 Å². The molecule has 1 aromatic rings. The predicted octanol–water partition coefficient (Wildman–Crippen LogP) is 4.58. The van der Waals surface area contributed by atoms with Crippen molar-refractivity contribution in [2.75, 3.05) is 0 Å². The number of nitrogens with zero attached hydrogens (tertiary/aromatic N) is 1. The van der Waals surface area contributed by atoms with Crippen molar-refractivity contribution in [1.82, 2.24) is 0 Å². The predicted molar refractivity (Wildman–Crippen MR) is 83.6 cm³/mol. The van der Waals surface area contributed by atoms with Gasteiger partial charge in [-0.25, -0.2) is 4.99 Å². The second kappa shape index (κ2) is 4.12. The van der Waals surface area contributed by atoms with Gasteiger partial charge in [0.05, 0.1) is 11.1 Å². The zero-order valence-electron chi connectivity index (χ0n) is 12.7. The summed E-state index contributed by atoms with van der Waals surface area (Å²) in [5, 5.41) is 0. The molecule has 1 heterocycles.